The third kappa shape index (κ3) is 5.25. The van der Waals surface area contributed by atoms with E-state index in [0.717, 1.165) is 0 Å². The van der Waals surface area contributed by atoms with Crippen LogP contribution >= 0.6 is 0 Å². The number of methoxy groups -OCH3 is 2. The lowest BCUT2D eigenvalue weighted by atomic mass is 10.0. The molecule has 0 heterocycles. The van der Waals surface area contributed by atoms with E-state index in [2.05, 4.69) is 10.1 Å². The van der Waals surface area contributed by atoms with Gasteiger partial charge >= 0.3 is 11.9 Å². The maximum Gasteiger partial charge on any atom is 0.326 e. The van der Waals surface area contributed by atoms with Gasteiger partial charge in [-0.3, -0.25) is 9.59 Å². The van der Waals surface area contributed by atoms with Crippen molar-refractivity contribution in [1.82, 2.24) is 5.32 Å². The second-order valence-corrected chi connectivity index (χ2v) is 4.27. The highest BCUT2D eigenvalue weighted by Crippen LogP contribution is 2.14. The first-order valence-corrected chi connectivity index (χ1v) is 5.96. The Balaban J connectivity index is 4.63. The molecule has 0 bridgehead atoms. The van der Waals surface area contributed by atoms with Crippen LogP contribution in [-0.2, 0) is 23.9 Å². The van der Waals surface area contributed by atoms with Gasteiger partial charge in [-0.1, -0.05) is 6.92 Å². The lowest BCUT2D eigenvalue weighted by molar-refractivity contribution is -0.149. The molecule has 0 spiro atoms. The number of hydrogen-bond donors (Lipinski definition) is 2. The maximum absolute atomic E-state index is 11.9. The van der Waals surface area contributed by atoms with Gasteiger partial charge in [0.2, 0.25) is 0 Å². The minimum Gasteiger partial charge on any atom is -0.480 e. The topological polar surface area (TPSA) is 102 Å². The Hall–Kier alpha value is -1.63. The summed E-state index contributed by atoms with van der Waals surface area (Å²) >= 11 is 0. The molecule has 0 aromatic rings. The van der Waals surface area contributed by atoms with Crippen molar-refractivity contribution in [3.8, 4) is 0 Å². The molecule has 0 aromatic carbocycles. The van der Waals surface area contributed by atoms with Crippen molar-refractivity contribution in [2.75, 3.05) is 14.2 Å². The van der Waals surface area contributed by atoms with E-state index in [4.69, 9.17) is 9.84 Å². The van der Waals surface area contributed by atoms with Gasteiger partial charge in [-0.2, -0.15) is 0 Å². The number of carboxylic acids is 1. The van der Waals surface area contributed by atoms with Crippen LogP contribution in [0, 0.1) is 0 Å². The van der Waals surface area contributed by atoms with Crippen molar-refractivity contribution in [3.05, 3.63) is 0 Å². The van der Waals surface area contributed by atoms with Crippen molar-refractivity contribution in [2.45, 2.75) is 44.8 Å². The first-order valence-electron chi connectivity index (χ1n) is 5.96. The number of amides is 1. The molecule has 0 radical (unpaired) electrons. The highest BCUT2D eigenvalue weighted by molar-refractivity contribution is 5.89. The number of nitrogens with one attached hydrogen (secondary N) is 1. The quantitative estimate of drug-likeness (QED) is 0.619. The maximum atomic E-state index is 11.9. The molecule has 19 heavy (non-hydrogen) atoms. The number of carbonyl (C=O) groups excluding carboxylic acids is 2. The van der Waals surface area contributed by atoms with Crippen molar-refractivity contribution in [1.29, 1.82) is 0 Å². The van der Waals surface area contributed by atoms with E-state index in [1.54, 1.807) is 13.8 Å². The van der Waals surface area contributed by atoms with Gasteiger partial charge in [0.1, 0.15) is 11.6 Å². The summed E-state index contributed by atoms with van der Waals surface area (Å²) in [4.78, 5) is 34.0. The van der Waals surface area contributed by atoms with Gasteiger partial charge in [0.25, 0.3) is 5.91 Å². The molecule has 0 aromatic heterocycles. The molecule has 1 amide bonds. The zero-order valence-corrected chi connectivity index (χ0v) is 11.7. The van der Waals surface area contributed by atoms with Crippen LogP contribution < -0.4 is 5.32 Å². The van der Waals surface area contributed by atoms with Gasteiger partial charge in [0, 0.05) is 13.5 Å². The average Bonchev–Trinajstić information content (AvgIpc) is 2.41. The van der Waals surface area contributed by atoms with Crippen LogP contribution in [0.4, 0.5) is 0 Å². The summed E-state index contributed by atoms with van der Waals surface area (Å²) in [5.41, 5.74) is -1.08. The molecular formula is C12H21NO6. The third-order valence-electron chi connectivity index (χ3n) is 3.07. The summed E-state index contributed by atoms with van der Waals surface area (Å²) in [5.74, 6) is -2.24. The van der Waals surface area contributed by atoms with E-state index in [1.165, 1.54) is 14.2 Å². The number of hydrogen-bond acceptors (Lipinski definition) is 5. The van der Waals surface area contributed by atoms with E-state index < -0.39 is 29.5 Å². The lowest BCUT2D eigenvalue weighted by Gasteiger charge is -2.27. The Morgan fingerprint density at radius 1 is 1.32 bits per heavy atom. The van der Waals surface area contributed by atoms with Crippen LogP contribution in [0.25, 0.3) is 0 Å². The van der Waals surface area contributed by atoms with Crippen molar-refractivity contribution >= 4 is 17.8 Å². The standard InChI is InChI=1S/C12H21NO6/c1-5-12(2,19-4)11(17)13-8(10(15)16)6-7-9(14)18-3/h8H,5-7H2,1-4H3,(H,13,17)(H,15,16)/t8-,12?/m0/s1. The zero-order chi connectivity index (χ0) is 15.1. The van der Waals surface area contributed by atoms with Crippen LogP contribution in [0.3, 0.4) is 0 Å². The molecule has 1 unspecified atom stereocenters. The predicted molar refractivity (Wildman–Crippen MR) is 66.5 cm³/mol. The zero-order valence-electron chi connectivity index (χ0n) is 11.7. The first kappa shape index (κ1) is 17.4. The van der Waals surface area contributed by atoms with E-state index in [-0.39, 0.29) is 12.8 Å². The molecule has 2 N–H and O–H groups in total. The molecule has 0 rings (SSSR count). The van der Waals surface area contributed by atoms with Crippen LogP contribution in [0.15, 0.2) is 0 Å². The largest absolute Gasteiger partial charge is 0.480 e. The Bertz CT molecular complexity index is 337. The van der Waals surface area contributed by atoms with Gasteiger partial charge in [0.05, 0.1) is 7.11 Å². The summed E-state index contributed by atoms with van der Waals surface area (Å²) in [6, 6.07) is -1.15. The molecule has 0 aliphatic carbocycles. The predicted octanol–water partition coefficient (Wildman–Crippen LogP) is 0.324. The number of carboxylic acid groups (broad SMARTS) is 1. The monoisotopic (exact) mass is 275 g/mol. The number of rotatable bonds is 8. The Labute approximate surface area is 112 Å². The molecule has 0 saturated heterocycles. The molecule has 2 atom stereocenters. The summed E-state index contributed by atoms with van der Waals surface area (Å²) < 4.78 is 9.51. The second kappa shape index (κ2) is 7.73. The fourth-order valence-corrected chi connectivity index (χ4v) is 1.33. The van der Waals surface area contributed by atoms with E-state index in [9.17, 15) is 14.4 Å². The molecule has 7 nitrogen and oxygen atoms in total. The molecule has 0 aliphatic heterocycles. The smallest absolute Gasteiger partial charge is 0.326 e. The van der Waals surface area contributed by atoms with Crippen LogP contribution in [0.2, 0.25) is 0 Å². The van der Waals surface area contributed by atoms with Gasteiger partial charge in [-0.25, -0.2) is 4.79 Å². The van der Waals surface area contributed by atoms with Gasteiger partial charge in [0.15, 0.2) is 0 Å². The Morgan fingerprint density at radius 2 is 1.89 bits per heavy atom. The van der Waals surface area contributed by atoms with Crippen LogP contribution in [-0.4, -0.2) is 48.8 Å². The van der Waals surface area contributed by atoms with Gasteiger partial charge < -0.3 is 19.9 Å². The van der Waals surface area contributed by atoms with E-state index in [0.29, 0.717) is 6.42 Å². The van der Waals surface area contributed by atoms with E-state index >= 15 is 0 Å². The van der Waals surface area contributed by atoms with Crippen molar-refractivity contribution < 1.29 is 29.0 Å². The van der Waals surface area contributed by atoms with Crippen LogP contribution in [0.1, 0.15) is 33.1 Å². The molecule has 0 fully saturated rings. The van der Waals surface area contributed by atoms with Gasteiger partial charge in [-0.15, -0.1) is 0 Å². The normalized spacial score (nSPS) is 15.2. The van der Waals surface area contributed by atoms with Crippen LogP contribution in [0.5, 0.6) is 0 Å². The summed E-state index contributed by atoms with van der Waals surface area (Å²) in [6.45, 7) is 3.33. The van der Waals surface area contributed by atoms with Crippen molar-refractivity contribution in [2.24, 2.45) is 0 Å². The highest BCUT2D eigenvalue weighted by atomic mass is 16.5. The SMILES string of the molecule is CCC(C)(OC)C(=O)N[C@@H](CCC(=O)OC)C(=O)O. The summed E-state index contributed by atoms with van der Waals surface area (Å²) in [7, 11) is 2.60. The number of ether oxygens (including phenoxy) is 2. The van der Waals surface area contributed by atoms with E-state index in [1.807, 2.05) is 0 Å². The summed E-state index contributed by atoms with van der Waals surface area (Å²) in [5, 5.41) is 11.4. The second-order valence-electron chi connectivity index (χ2n) is 4.27. The lowest BCUT2D eigenvalue weighted by Crippen LogP contribution is -2.51. The van der Waals surface area contributed by atoms with Gasteiger partial charge in [-0.05, 0) is 19.8 Å². The third-order valence-corrected chi connectivity index (χ3v) is 3.07. The molecule has 110 valence electrons. The Kier molecular flexibility index (Phi) is 7.06. The van der Waals surface area contributed by atoms with Crippen molar-refractivity contribution in [3.63, 3.8) is 0 Å². The minimum absolute atomic E-state index is 0.0305. The average molecular weight is 275 g/mol. The summed E-state index contributed by atoms with van der Waals surface area (Å²) in [6.07, 6.45) is 0.291. The Morgan fingerprint density at radius 3 is 2.26 bits per heavy atom. The highest BCUT2D eigenvalue weighted by Gasteiger charge is 2.34. The molecule has 0 aliphatic rings. The first-order chi connectivity index (χ1) is 8.80. The number of aliphatic carboxylic acids is 1. The fraction of sp³-hybridized carbons (Fsp3) is 0.750. The fourth-order valence-electron chi connectivity index (χ4n) is 1.33. The number of carbonyl (C=O) groups is 3. The number of esters is 1. The molecule has 0 saturated carbocycles. The minimum atomic E-state index is -1.20. The molecule has 7 heteroatoms. The molecular weight excluding hydrogens is 254 g/mol.